The van der Waals surface area contributed by atoms with Crippen molar-refractivity contribution in [1.29, 1.82) is 0 Å². The van der Waals surface area contributed by atoms with Crippen molar-refractivity contribution in [3.63, 3.8) is 0 Å². The number of hydrogen-bond donors (Lipinski definition) is 1. The van der Waals surface area contributed by atoms with Crippen LogP contribution in [0.25, 0.3) is 0 Å². The van der Waals surface area contributed by atoms with E-state index in [0.717, 1.165) is 16.7 Å². The van der Waals surface area contributed by atoms with E-state index in [2.05, 4.69) is 50.8 Å². The second kappa shape index (κ2) is 5.27. The topological polar surface area (TPSA) is 0 Å². The highest BCUT2D eigenvalue weighted by Gasteiger charge is 2.21. The highest BCUT2D eigenvalue weighted by Crippen LogP contribution is 2.35. The Morgan fingerprint density at radius 3 is 2.38 bits per heavy atom. The van der Waals surface area contributed by atoms with E-state index in [-0.39, 0.29) is 0 Å². The minimum Gasteiger partial charge on any atom is -0.144 e. The van der Waals surface area contributed by atoms with Gasteiger partial charge in [-0.3, -0.25) is 0 Å². The monoisotopic (exact) mass is 234 g/mol. The van der Waals surface area contributed by atoms with Crippen LogP contribution in [0.4, 0.5) is 0 Å². The summed E-state index contributed by atoms with van der Waals surface area (Å²) in [5.41, 5.74) is 1.54. The standard InChI is InChI=1S/C15H22S/c1-11-3-5-13(6-4-11)14-7-8-15(16)10-12(2)9-14/h7-13,16H,3-6H2,1-2H3. The molecule has 0 aliphatic heterocycles. The summed E-state index contributed by atoms with van der Waals surface area (Å²) in [4.78, 5) is 1.10. The highest BCUT2D eigenvalue weighted by atomic mass is 32.1. The summed E-state index contributed by atoms with van der Waals surface area (Å²) in [6.45, 7) is 4.62. The molecule has 0 aromatic rings. The molecule has 0 bridgehead atoms. The van der Waals surface area contributed by atoms with E-state index in [0.29, 0.717) is 5.92 Å². The van der Waals surface area contributed by atoms with E-state index in [1.807, 2.05) is 0 Å². The van der Waals surface area contributed by atoms with Crippen LogP contribution >= 0.6 is 12.6 Å². The molecular weight excluding hydrogens is 212 g/mol. The summed E-state index contributed by atoms with van der Waals surface area (Å²) < 4.78 is 0. The third-order valence-electron chi connectivity index (χ3n) is 3.82. The van der Waals surface area contributed by atoms with E-state index in [1.54, 1.807) is 5.57 Å². The minimum absolute atomic E-state index is 0.525. The molecule has 0 amide bonds. The number of rotatable bonds is 1. The Hall–Kier alpha value is -0.430. The smallest absolute Gasteiger partial charge is 0.000593 e. The van der Waals surface area contributed by atoms with Gasteiger partial charge in [0.2, 0.25) is 0 Å². The minimum atomic E-state index is 0.525. The second-order valence-electron chi connectivity index (χ2n) is 5.41. The maximum absolute atomic E-state index is 4.45. The second-order valence-corrected chi connectivity index (χ2v) is 5.92. The largest absolute Gasteiger partial charge is 0.144 e. The van der Waals surface area contributed by atoms with Crippen LogP contribution in [0.1, 0.15) is 39.5 Å². The molecule has 1 unspecified atom stereocenters. The first-order chi connectivity index (χ1) is 7.65. The van der Waals surface area contributed by atoms with Gasteiger partial charge in [0.25, 0.3) is 0 Å². The van der Waals surface area contributed by atoms with Crippen molar-refractivity contribution in [3.8, 4) is 0 Å². The third-order valence-corrected chi connectivity index (χ3v) is 4.12. The average Bonchev–Trinajstić information content (AvgIpc) is 2.41. The molecule has 0 spiro atoms. The van der Waals surface area contributed by atoms with Crippen molar-refractivity contribution in [2.24, 2.45) is 17.8 Å². The Bertz CT molecular complexity index is 327. The molecule has 1 atom stereocenters. The van der Waals surface area contributed by atoms with E-state index >= 15 is 0 Å². The quantitative estimate of drug-likeness (QED) is 0.621. The van der Waals surface area contributed by atoms with Gasteiger partial charge in [0.15, 0.2) is 0 Å². The van der Waals surface area contributed by atoms with Crippen molar-refractivity contribution < 1.29 is 0 Å². The molecular formula is C15H22S. The van der Waals surface area contributed by atoms with Crippen molar-refractivity contribution in [2.45, 2.75) is 39.5 Å². The van der Waals surface area contributed by atoms with Gasteiger partial charge in [-0.2, -0.15) is 0 Å². The third kappa shape index (κ3) is 3.04. The lowest BCUT2D eigenvalue weighted by Gasteiger charge is -2.27. The lowest BCUT2D eigenvalue weighted by Crippen LogP contribution is -2.13. The zero-order valence-electron chi connectivity index (χ0n) is 10.3. The normalized spacial score (nSPS) is 35.3. The maximum atomic E-state index is 4.45. The zero-order valence-corrected chi connectivity index (χ0v) is 11.2. The Kier molecular flexibility index (Phi) is 3.96. The van der Waals surface area contributed by atoms with Crippen LogP contribution in [-0.2, 0) is 0 Å². The Morgan fingerprint density at radius 1 is 1.00 bits per heavy atom. The van der Waals surface area contributed by atoms with Crippen molar-refractivity contribution in [3.05, 3.63) is 34.8 Å². The first-order valence-electron chi connectivity index (χ1n) is 6.45. The average molecular weight is 234 g/mol. The Balaban J connectivity index is 2.07. The maximum Gasteiger partial charge on any atom is 0.000593 e. The van der Waals surface area contributed by atoms with Gasteiger partial charge in [-0.15, -0.1) is 12.6 Å². The molecule has 0 aromatic heterocycles. The highest BCUT2D eigenvalue weighted by molar-refractivity contribution is 7.84. The molecule has 1 heteroatoms. The van der Waals surface area contributed by atoms with Gasteiger partial charge in [-0.25, -0.2) is 0 Å². The molecule has 0 N–H and O–H groups in total. The number of thiol groups is 1. The van der Waals surface area contributed by atoms with Gasteiger partial charge in [-0.1, -0.05) is 44.9 Å². The predicted octanol–water partition coefficient (Wildman–Crippen LogP) is 4.76. The SMILES string of the molecule is CC1C=C(S)C=CC(C2CCC(C)CC2)=C1. The van der Waals surface area contributed by atoms with Gasteiger partial charge in [0.1, 0.15) is 0 Å². The lowest BCUT2D eigenvalue weighted by atomic mass is 9.78. The Labute approximate surface area is 105 Å². The van der Waals surface area contributed by atoms with Gasteiger partial charge < -0.3 is 0 Å². The molecule has 2 aliphatic rings. The molecule has 0 aromatic carbocycles. The van der Waals surface area contributed by atoms with Crippen LogP contribution < -0.4 is 0 Å². The number of hydrogen-bond acceptors (Lipinski definition) is 1. The van der Waals surface area contributed by atoms with E-state index in [4.69, 9.17) is 0 Å². The molecule has 88 valence electrons. The molecule has 0 saturated heterocycles. The van der Waals surface area contributed by atoms with Crippen LogP contribution in [0, 0.1) is 17.8 Å². The van der Waals surface area contributed by atoms with Crippen molar-refractivity contribution >= 4 is 12.6 Å². The van der Waals surface area contributed by atoms with Crippen LogP contribution in [0.2, 0.25) is 0 Å². The molecule has 1 fully saturated rings. The predicted molar refractivity (Wildman–Crippen MR) is 74.6 cm³/mol. The van der Waals surface area contributed by atoms with Crippen LogP contribution in [-0.4, -0.2) is 0 Å². The van der Waals surface area contributed by atoms with Gasteiger partial charge >= 0.3 is 0 Å². The molecule has 0 radical (unpaired) electrons. The summed E-state index contributed by atoms with van der Waals surface area (Å²) in [5.74, 6) is 2.25. The van der Waals surface area contributed by atoms with E-state index < -0.39 is 0 Å². The zero-order chi connectivity index (χ0) is 11.5. The van der Waals surface area contributed by atoms with Crippen LogP contribution in [0.3, 0.4) is 0 Å². The van der Waals surface area contributed by atoms with E-state index in [1.165, 1.54) is 25.7 Å². The van der Waals surface area contributed by atoms with Gasteiger partial charge in [-0.05, 0) is 42.2 Å². The fourth-order valence-electron chi connectivity index (χ4n) is 2.78. The molecule has 0 heterocycles. The molecule has 1 saturated carbocycles. The summed E-state index contributed by atoms with van der Waals surface area (Å²) >= 11 is 4.45. The number of allylic oxidation sites excluding steroid dienone is 5. The summed E-state index contributed by atoms with van der Waals surface area (Å²) in [6.07, 6.45) is 14.6. The Morgan fingerprint density at radius 2 is 1.69 bits per heavy atom. The molecule has 0 nitrogen and oxygen atoms in total. The van der Waals surface area contributed by atoms with Crippen LogP contribution in [0.15, 0.2) is 34.8 Å². The summed E-state index contributed by atoms with van der Waals surface area (Å²) in [6, 6.07) is 0. The summed E-state index contributed by atoms with van der Waals surface area (Å²) in [7, 11) is 0. The lowest BCUT2D eigenvalue weighted by molar-refractivity contribution is 0.323. The van der Waals surface area contributed by atoms with Gasteiger partial charge in [0, 0.05) is 4.91 Å². The van der Waals surface area contributed by atoms with Gasteiger partial charge in [0.05, 0.1) is 0 Å². The van der Waals surface area contributed by atoms with Crippen LogP contribution in [0.5, 0.6) is 0 Å². The summed E-state index contributed by atoms with van der Waals surface area (Å²) in [5, 5.41) is 0. The van der Waals surface area contributed by atoms with E-state index in [9.17, 15) is 0 Å². The fraction of sp³-hybridized carbons (Fsp3) is 0.600. The molecule has 2 rings (SSSR count). The first-order valence-corrected chi connectivity index (χ1v) is 6.90. The molecule has 16 heavy (non-hydrogen) atoms. The fourth-order valence-corrected chi connectivity index (χ4v) is 3.09. The first kappa shape index (κ1) is 12.0. The van der Waals surface area contributed by atoms with Crippen molar-refractivity contribution in [1.82, 2.24) is 0 Å². The molecule has 2 aliphatic carbocycles. The van der Waals surface area contributed by atoms with Crippen molar-refractivity contribution in [2.75, 3.05) is 0 Å².